The monoisotopic (exact) mass is 530 g/mol. The van der Waals surface area contributed by atoms with E-state index in [1.165, 1.54) is 5.56 Å². The number of piperazine rings is 1. The molecule has 7 nitrogen and oxygen atoms in total. The van der Waals surface area contributed by atoms with Crippen molar-refractivity contribution in [3.63, 3.8) is 0 Å². The highest BCUT2D eigenvalue weighted by Crippen LogP contribution is 2.39. The Balaban J connectivity index is 1.47. The number of nitrogens with zero attached hydrogens (tertiary/aromatic N) is 2. The SMILES string of the molecule is CN1CCN(Cc2ccc(NC(=C3C(=O)Nc4cc(Cl)ccc43)c3cccc(CCC(=O)O)c3)cc2)CC1. The normalized spacial score (nSPS) is 17.2. The number of carbonyl (C=O) groups is 2. The Morgan fingerprint density at radius 3 is 2.50 bits per heavy atom. The van der Waals surface area contributed by atoms with Gasteiger partial charge in [0, 0.05) is 55.4 Å². The van der Waals surface area contributed by atoms with E-state index in [-0.39, 0.29) is 12.3 Å². The topological polar surface area (TPSA) is 84.9 Å². The van der Waals surface area contributed by atoms with Gasteiger partial charge < -0.3 is 20.6 Å². The van der Waals surface area contributed by atoms with Crippen LogP contribution in [0.3, 0.4) is 0 Å². The largest absolute Gasteiger partial charge is 0.481 e. The summed E-state index contributed by atoms with van der Waals surface area (Å²) >= 11 is 6.18. The molecule has 2 heterocycles. The fraction of sp³-hybridized carbons (Fsp3) is 0.267. The number of anilines is 2. The number of hydrogen-bond acceptors (Lipinski definition) is 5. The second kappa shape index (κ2) is 11.4. The first-order valence-corrected chi connectivity index (χ1v) is 13.2. The summed E-state index contributed by atoms with van der Waals surface area (Å²) in [4.78, 5) is 29.1. The second-order valence-corrected chi connectivity index (χ2v) is 10.3. The highest BCUT2D eigenvalue weighted by molar-refractivity contribution is 6.38. The molecule has 0 radical (unpaired) electrons. The van der Waals surface area contributed by atoms with Crippen molar-refractivity contribution in [2.24, 2.45) is 0 Å². The molecule has 196 valence electrons. The van der Waals surface area contributed by atoms with Crippen molar-refractivity contribution >= 4 is 46.1 Å². The molecule has 1 saturated heterocycles. The van der Waals surface area contributed by atoms with E-state index in [1.54, 1.807) is 12.1 Å². The molecule has 38 heavy (non-hydrogen) atoms. The molecule has 5 rings (SSSR count). The lowest BCUT2D eigenvalue weighted by molar-refractivity contribution is -0.137. The Hall–Kier alpha value is -3.65. The zero-order valence-electron chi connectivity index (χ0n) is 21.3. The third-order valence-electron chi connectivity index (χ3n) is 7.04. The molecule has 0 spiro atoms. The smallest absolute Gasteiger partial charge is 0.303 e. The predicted molar refractivity (Wildman–Crippen MR) is 152 cm³/mol. The molecule has 0 aromatic heterocycles. The van der Waals surface area contributed by atoms with Crippen LogP contribution in [-0.2, 0) is 22.6 Å². The van der Waals surface area contributed by atoms with Gasteiger partial charge in [-0.2, -0.15) is 0 Å². The van der Waals surface area contributed by atoms with E-state index in [0.29, 0.717) is 28.4 Å². The maximum atomic E-state index is 13.2. The van der Waals surface area contributed by atoms with Gasteiger partial charge in [-0.25, -0.2) is 0 Å². The number of carboxylic acids is 1. The maximum Gasteiger partial charge on any atom is 0.303 e. The van der Waals surface area contributed by atoms with Crippen molar-refractivity contribution in [1.82, 2.24) is 9.80 Å². The second-order valence-electron chi connectivity index (χ2n) is 9.89. The Morgan fingerprint density at radius 2 is 1.76 bits per heavy atom. The van der Waals surface area contributed by atoms with Gasteiger partial charge in [0.2, 0.25) is 0 Å². The standard InChI is InChI=1S/C30H31ClN4O3/c1-34-13-15-35(16-14-34)19-21-5-9-24(10-6-21)32-29(22-4-2-3-20(17-22)7-12-27(36)37)28-25-11-8-23(31)18-26(25)33-30(28)38/h2-6,8-11,17-18,32H,7,12-16,19H2,1H3,(H,33,38)(H,36,37). The van der Waals surface area contributed by atoms with Gasteiger partial charge in [-0.15, -0.1) is 0 Å². The summed E-state index contributed by atoms with van der Waals surface area (Å²) in [5.41, 5.74) is 6.42. The van der Waals surface area contributed by atoms with Crippen LogP contribution in [0.2, 0.25) is 5.02 Å². The van der Waals surface area contributed by atoms with Crippen LogP contribution >= 0.6 is 11.6 Å². The Bertz CT molecular complexity index is 1380. The van der Waals surface area contributed by atoms with Crippen molar-refractivity contribution in [2.75, 3.05) is 43.9 Å². The number of aryl methyl sites for hydroxylation is 1. The van der Waals surface area contributed by atoms with Crippen LogP contribution in [0, 0.1) is 0 Å². The lowest BCUT2D eigenvalue weighted by Gasteiger charge is -2.32. The molecular weight excluding hydrogens is 500 g/mol. The van der Waals surface area contributed by atoms with Crippen molar-refractivity contribution in [3.05, 3.63) is 94.0 Å². The molecule has 0 unspecified atom stereocenters. The lowest BCUT2D eigenvalue weighted by Crippen LogP contribution is -2.43. The van der Waals surface area contributed by atoms with Gasteiger partial charge >= 0.3 is 5.97 Å². The van der Waals surface area contributed by atoms with Gasteiger partial charge in [-0.3, -0.25) is 14.5 Å². The molecule has 3 N–H and O–H groups in total. The van der Waals surface area contributed by atoms with Crippen molar-refractivity contribution < 1.29 is 14.7 Å². The molecule has 0 bridgehead atoms. The molecule has 2 aliphatic rings. The predicted octanol–water partition coefficient (Wildman–Crippen LogP) is 5.04. The molecule has 3 aromatic carbocycles. The summed E-state index contributed by atoms with van der Waals surface area (Å²) in [5.74, 6) is -1.06. The number of carboxylic acid groups (broad SMARTS) is 1. The fourth-order valence-corrected chi connectivity index (χ4v) is 5.08. The van der Waals surface area contributed by atoms with Crippen molar-refractivity contribution in [1.29, 1.82) is 0 Å². The van der Waals surface area contributed by atoms with E-state index in [4.69, 9.17) is 16.7 Å². The first kappa shape index (κ1) is 26.0. The Kier molecular flexibility index (Phi) is 7.79. The number of rotatable bonds is 8. The average Bonchev–Trinajstić information content (AvgIpc) is 3.23. The number of nitrogens with one attached hydrogen (secondary N) is 2. The summed E-state index contributed by atoms with van der Waals surface area (Å²) in [5, 5.41) is 16.1. The number of carbonyl (C=O) groups excluding carboxylic acids is 1. The van der Waals surface area contributed by atoms with E-state index in [1.807, 2.05) is 42.5 Å². The summed E-state index contributed by atoms with van der Waals surface area (Å²) < 4.78 is 0. The maximum absolute atomic E-state index is 13.2. The molecule has 1 fully saturated rings. The number of aliphatic carboxylic acids is 1. The minimum Gasteiger partial charge on any atom is -0.481 e. The van der Waals surface area contributed by atoms with Gasteiger partial charge in [0.25, 0.3) is 5.91 Å². The van der Waals surface area contributed by atoms with E-state index in [9.17, 15) is 9.59 Å². The van der Waals surface area contributed by atoms with Gasteiger partial charge in [-0.05, 0) is 60.5 Å². The molecule has 0 aliphatic carbocycles. The van der Waals surface area contributed by atoms with Crippen molar-refractivity contribution in [2.45, 2.75) is 19.4 Å². The number of hydrogen-bond donors (Lipinski definition) is 3. The zero-order chi connectivity index (χ0) is 26.6. The van der Waals surface area contributed by atoms with Crippen LogP contribution in [0.4, 0.5) is 11.4 Å². The van der Waals surface area contributed by atoms with E-state index < -0.39 is 5.97 Å². The highest BCUT2D eigenvalue weighted by atomic mass is 35.5. The Labute approximate surface area is 227 Å². The quantitative estimate of drug-likeness (QED) is 0.354. The van der Waals surface area contributed by atoms with E-state index in [0.717, 1.165) is 55.1 Å². The Morgan fingerprint density at radius 1 is 1.00 bits per heavy atom. The van der Waals surface area contributed by atoms with Crippen LogP contribution in [-0.4, -0.2) is 60.0 Å². The first-order valence-electron chi connectivity index (χ1n) is 12.8. The highest BCUT2D eigenvalue weighted by Gasteiger charge is 2.29. The third kappa shape index (κ3) is 6.07. The summed E-state index contributed by atoms with van der Waals surface area (Å²) in [6.45, 7) is 5.19. The van der Waals surface area contributed by atoms with Crippen LogP contribution in [0.15, 0.2) is 66.7 Å². The molecule has 1 amide bonds. The molecule has 2 aliphatic heterocycles. The van der Waals surface area contributed by atoms with Crippen LogP contribution < -0.4 is 10.6 Å². The number of halogens is 1. The molecular formula is C30H31ClN4O3. The fourth-order valence-electron chi connectivity index (χ4n) is 4.91. The summed E-state index contributed by atoms with van der Waals surface area (Å²) in [6.07, 6.45) is 0.449. The molecule has 0 atom stereocenters. The van der Waals surface area contributed by atoms with Crippen LogP contribution in [0.25, 0.3) is 11.3 Å². The minimum atomic E-state index is -0.843. The van der Waals surface area contributed by atoms with Gasteiger partial charge in [-0.1, -0.05) is 48.0 Å². The van der Waals surface area contributed by atoms with Gasteiger partial charge in [0.1, 0.15) is 0 Å². The molecule has 8 heteroatoms. The number of amides is 1. The minimum absolute atomic E-state index is 0.0410. The summed E-state index contributed by atoms with van der Waals surface area (Å²) in [7, 11) is 2.16. The van der Waals surface area contributed by atoms with Crippen molar-refractivity contribution in [3.8, 4) is 0 Å². The summed E-state index contributed by atoms with van der Waals surface area (Å²) in [6, 6.07) is 21.4. The van der Waals surface area contributed by atoms with Gasteiger partial charge in [0.15, 0.2) is 0 Å². The van der Waals surface area contributed by atoms with Crippen LogP contribution in [0.5, 0.6) is 0 Å². The zero-order valence-corrected chi connectivity index (χ0v) is 22.1. The first-order chi connectivity index (χ1) is 18.4. The van der Waals surface area contributed by atoms with Crippen LogP contribution in [0.1, 0.15) is 28.7 Å². The molecule has 3 aromatic rings. The number of benzene rings is 3. The average molecular weight is 531 g/mol. The van der Waals surface area contributed by atoms with Gasteiger partial charge in [0.05, 0.1) is 17.0 Å². The van der Waals surface area contributed by atoms with E-state index >= 15 is 0 Å². The number of likely N-dealkylation sites (N-methyl/N-ethyl adjacent to an activating group) is 1. The lowest BCUT2D eigenvalue weighted by atomic mass is 9.97. The third-order valence-corrected chi connectivity index (χ3v) is 7.28. The number of fused-ring (bicyclic) bond motifs is 1. The molecule has 0 saturated carbocycles. The van der Waals surface area contributed by atoms with E-state index in [2.05, 4.69) is 39.6 Å².